The fourth-order valence-electron chi connectivity index (χ4n) is 1.76. The van der Waals surface area contributed by atoms with Crippen molar-refractivity contribution in [2.45, 2.75) is 13.0 Å². The van der Waals surface area contributed by atoms with E-state index in [1.54, 1.807) is 13.3 Å². The van der Waals surface area contributed by atoms with Crippen LogP contribution in [0.3, 0.4) is 0 Å². The standard InChI is InChI=1S/C13H16IN3O/c1-10(9-18-2)16-13-15-6-7-17(13)12-5-3-4-11(14)8-12/h3-8,10H,9H2,1-2H3,(H,15,16). The Morgan fingerprint density at radius 1 is 1.50 bits per heavy atom. The van der Waals surface area contributed by atoms with Crippen LogP contribution in [0.2, 0.25) is 0 Å². The minimum atomic E-state index is 0.221. The molecule has 0 aliphatic rings. The lowest BCUT2D eigenvalue weighted by Crippen LogP contribution is -2.22. The van der Waals surface area contributed by atoms with Crippen molar-refractivity contribution in [3.8, 4) is 5.69 Å². The molecule has 0 saturated carbocycles. The highest BCUT2D eigenvalue weighted by molar-refractivity contribution is 14.1. The monoisotopic (exact) mass is 357 g/mol. The summed E-state index contributed by atoms with van der Waals surface area (Å²) in [7, 11) is 1.70. The number of benzene rings is 1. The van der Waals surface area contributed by atoms with Gasteiger partial charge in [0.05, 0.1) is 6.61 Å². The fourth-order valence-corrected chi connectivity index (χ4v) is 2.28. The largest absolute Gasteiger partial charge is 0.383 e. The molecule has 0 aliphatic heterocycles. The molecule has 0 bridgehead atoms. The molecule has 0 saturated heterocycles. The molecule has 1 N–H and O–H groups in total. The van der Waals surface area contributed by atoms with Crippen LogP contribution in [0.25, 0.3) is 5.69 Å². The summed E-state index contributed by atoms with van der Waals surface area (Å²) in [5.41, 5.74) is 1.10. The Morgan fingerprint density at radius 2 is 2.33 bits per heavy atom. The van der Waals surface area contributed by atoms with Crippen molar-refractivity contribution in [3.63, 3.8) is 0 Å². The van der Waals surface area contributed by atoms with Crippen LogP contribution < -0.4 is 5.32 Å². The van der Waals surface area contributed by atoms with Gasteiger partial charge in [-0.15, -0.1) is 0 Å². The van der Waals surface area contributed by atoms with Crippen LogP contribution >= 0.6 is 22.6 Å². The third kappa shape index (κ3) is 3.23. The molecule has 1 unspecified atom stereocenters. The molecule has 1 atom stereocenters. The first-order valence-electron chi connectivity index (χ1n) is 5.75. The van der Waals surface area contributed by atoms with Gasteiger partial charge in [-0.3, -0.25) is 4.57 Å². The quantitative estimate of drug-likeness (QED) is 0.837. The second-order valence-corrected chi connectivity index (χ2v) is 5.35. The predicted octanol–water partition coefficient (Wildman–Crippen LogP) is 2.92. The van der Waals surface area contributed by atoms with Gasteiger partial charge < -0.3 is 10.1 Å². The zero-order valence-electron chi connectivity index (χ0n) is 10.4. The van der Waals surface area contributed by atoms with Crippen molar-refractivity contribution < 1.29 is 4.74 Å². The third-order valence-corrected chi connectivity index (χ3v) is 3.19. The Hall–Kier alpha value is -1.08. The Labute approximate surface area is 121 Å². The average molecular weight is 357 g/mol. The molecule has 1 aromatic heterocycles. The number of halogens is 1. The van der Waals surface area contributed by atoms with Crippen LogP contribution in [0, 0.1) is 3.57 Å². The second-order valence-electron chi connectivity index (χ2n) is 4.10. The van der Waals surface area contributed by atoms with Crippen molar-refractivity contribution in [1.82, 2.24) is 9.55 Å². The molecule has 2 aromatic rings. The number of rotatable bonds is 5. The lowest BCUT2D eigenvalue weighted by Gasteiger charge is -2.15. The summed E-state index contributed by atoms with van der Waals surface area (Å²) >= 11 is 2.31. The molecule has 2 rings (SSSR count). The smallest absolute Gasteiger partial charge is 0.207 e. The summed E-state index contributed by atoms with van der Waals surface area (Å²) in [6.07, 6.45) is 3.75. The van der Waals surface area contributed by atoms with E-state index >= 15 is 0 Å². The topological polar surface area (TPSA) is 39.1 Å². The van der Waals surface area contributed by atoms with Gasteiger partial charge in [-0.2, -0.15) is 0 Å². The van der Waals surface area contributed by atoms with Crippen LogP contribution in [-0.2, 0) is 4.74 Å². The highest BCUT2D eigenvalue weighted by Gasteiger charge is 2.08. The summed E-state index contributed by atoms with van der Waals surface area (Å²) in [6, 6.07) is 8.52. The highest BCUT2D eigenvalue weighted by Crippen LogP contribution is 2.17. The lowest BCUT2D eigenvalue weighted by molar-refractivity contribution is 0.190. The summed E-state index contributed by atoms with van der Waals surface area (Å²) in [5, 5.41) is 3.33. The summed E-state index contributed by atoms with van der Waals surface area (Å²) in [6.45, 7) is 2.72. The van der Waals surface area contributed by atoms with Crippen LogP contribution in [0.1, 0.15) is 6.92 Å². The predicted molar refractivity (Wildman–Crippen MR) is 81.2 cm³/mol. The van der Waals surface area contributed by atoms with E-state index in [0.717, 1.165) is 11.6 Å². The molecule has 0 radical (unpaired) electrons. The number of hydrogen-bond donors (Lipinski definition) is 1. The van der Waals surface area contributed by atoms with Crippen molar-refractivity contribution in [2.24, 2.45) is 0 Å². The minimum absolute atomic E-state index is 0.221. The summed E-state index contributed by atoms with van der Waals surface area (Å²) in [4.78, 5) is 4.34. The van der Waals surface area contributed by atoms with Crippen LogP contribution in [0.4, 0.5) is 5.95 Å². The molecule has 0 aliphatic carbocycles. The molecule has 96 valence electrons. The normalized spacial score (nSPS) is 12.4. The molecule has 0 fully saturated rings. The number of methoxy groups -OCH3 is 1. The first-order valence-corrected chi connectivity index (χ1v) is 6.83. The number of anilines is 1. The van der Waals surface area contributed by atoms with E-state index in [1.807, 2.05) is 16.8 Å². The zero-order valence-corrected chi connectivity index (χ0v) is 12.6. The average Bonchev–Trinajstić information content (AvgIpc) is 2.77. The highest BCUT2D eigenvalue weighted by atomic mass is 127. The Balaban J connectivity index is 2.22. The number of imidazole rings is 1. The van der Waals surface area contributed by atoms with Crippen molar-refractivity contribution in [2.75, 3.05) is 19.0 Å². The second kappa shape index (κ2) is 6.19. The van der Waals surface area contributed by atoms with Crippen molar-refractivity contribution in [1.29, 1.82) is 0 Å². The number of aromatic nitrogens is 2. The summed E-state index contributed by atoms with van der Waals surface area (Å²) < 4.78 is 8.36. The van der Waals surface area contributed by atoms with Gasteiger partial charge in [-0.05, 0) is 47.7 Å². The maximum atomic E-state index is 5.12. The van der Waals surface area contributed by atoms with Gasteiger partial charge in [0.25, 0.3) is 0 Å². The van der Waals surface area contributed by atoms with Crippen molar-refractivity contribution in [3.05, 3.63) is 40.2 Å². The van der Waals surface area contributed by atoms with Gasteiger partial charge in [-0.1, -0.05) is 6.07 Å². The molecule has 0 amide bonds. The van der Waals surface area contributed by atoms with E-state index in [2.05, 4.69) is 58.0 Å². The molecule has 1 aromatic carbocycles. The summed E-state index contributed by atoms with van der Waals surface area (Å²) in [5.74, 6) is 0.835. The van der Waals surface area contributed by atoms with E-state index < -0.39 is 0 Å². The van der Waals surface area contributed by atoms with E-state index in [9.17, 15) is 0 Å². The fraction of sp³-hybridized carbons (Fsp3) is 0.308. The molecular weight excluding hydrogens is 341 g/mol. The van der Waals surface area contributed by atoms with Crippen LogP contribution in [0.5, 0.6) is 0 Å². The van der Waals surface area contributed by atoms with Gasteiger partial charge in [0.15, 0.2) is 0 Å². The van der Waals surface area contributed by atoms with Crippen LogP contribution in [-0.4, -0.2) is 29.3 Å². The van der Waals surface area contributed by atoms with Crippen LogP contribution in [0.15, 0.2) is 36.7 Å². The first-order chi connectivity index (χ1) is 8.70. The lowest BCUT2D eigenvalue weighted by atomic mass is 10.3. The molecular formula is C13H16IN3O. The van der Waals surface area contributed by atoms with Gasteiger partial charge >= 0.3 is 0 Å². The Bertz CT molecular complexity index is 512. The number of nitrogens with one attached hydrogen (secondary N) is 1. The van der Waals surface area contributed by atoms with E-state index in [-0.39, 0.29) is 6.04 Å². The molecule has 1 heterocycles. The van der Waals surface area contributed by atoms with Gasteiger partial charge in [-0.25, -0.2) is 4.98 Å². The first kappa shape index (κ1) is 13.4. The van der Waals surface area contributed by atoms with E-state index in [1.165, 1.54) is 3.57 Å². The van der Waals surface area contributed by atoms with E-state index in [0.29, 0.717) is 6.61 Å². The van der Waals surface area contributed by atoms with E-state index in [4.69, 9.17) is 4.74 Å². The maximum Gasteiger partial charge on any atom is 0.207 e. The van der Waals surface area contributed by atoms with Gasteiger partial charge in [0.2, 0.25) is 5.95 Å². The third-order valence-electron chi connectivity index (χ3n) is 2.52. The Kier molecular flexibility index (Phi) is 4.60. The minimum Gasteiger partial charge on any atom is -0.383 e. The van der Waals surface area contributed by atoms with Crippen molar-refractivity contribution >= 4 is 28.5 Å². The molecule has 18 heavy (non-hydrogen) atoms. The molecule has 4 nitrogen and oxygen atoms in total. The molecule has 5 heteroatoms. The zero-order chi connectivity index (χ0) is 13.0. The van der Waals surface area contributed by atoms with Gasteiger partial charge in [0.1, 0.15) is 0 Å². The molecule has 0 spiro atoms. The SMILES string of the molecule is COCC(C)Nc1nccn1-c1cccc(I)c1. The number of ether oxygens (including phenoxy) is 1. The number of nitrogens with zero attached hydrogens (tertiary/aromatic N) is 2. The maximum absolute atomic E-state index is 5.12. The number of hydrogen-bond acceptors (Lipinski definition) is 3. The Morgan fingerprint density at radius 3 is 3.06 bits per heavy atom. The van der Waals surface area contributed by atoms with Gasteiger partial charge in [0, 0.05) is 34.8 Å².